The molecule has 0 saturated carbocycles. The highest BCUT2D eigenvalue weighted by molar-refractivity contribution is 5.74. The van der Waals surface area contributed by atoms with Crippen molar-refractivity contribution in [3.63, 3.8) is 0 Å². The summed E-state index contributed by atoms with van der Waals surface area (Å²) < 4.78 is 41.2. The lowest BCUT2D eigenvalue weighted by atomic mass is 9.99. The van der Waals surface area contributed by atoms with E-state index in [4.69, 9.17) is 0 Å². The first kappa shape index (κ1) is 22.3. The van der Waals surface area contributed by atoms with E-state index in [1.807, 2.05) is 6.92 Å². The molecule has 1 aliphatic heterocycles. The molecule has 8 heteroatoms. The van der Waals surface area contributed by atoms with E-state index in [0.717, 1.165) is 37.5 Å². The molecule has 0 aliphatic carbocycles. The van der Waals surface area contributed by atoms with E-state index in [1.54, 1.807) is 12.1 Å². The molecule has 5 nitrogen and oxygen atoms in total. The molecule has 1 saturated heterocycles. The standard InChI is InChI=1S/C20H30F3N3O2/c1-15-8-12-26(13-9-15)11-3-10-24-19(27)25-16(2)17-4-6-18(7-5-17)28-14-20(21,22)23/h4-7,15-16H,3,8-14H2,1-2H3,(H2,24,25,27). The molecule has 0 radical (unpaired) electrons. The molecule has 1 heterocycles. The van der Waals surface area contributed by atoms with E-state index in [2.05, 4.69) is 27.2 Å². The molecule has 1 fully saturated rings. The quantitative estimate of drug-likeness (QED) is 0.645. The summed E-state index contributed by atoms with van der Waals surface area (Å²) in [4.78, 5) is 14.5. The number of nitrogens with zero attached hydrogens (tertiary/aromatic N) is 1. The number of halogens is 3. The Labute approximate surface area is 164 Å². The van der Waals surface area contributed by atoms with Gasteiger partial charge in [-0.15, -0.1) is 0 Å². The number of alkyl halides is 3. The van der Waals surface area contributed by atoms with Crippen LogP contribution >= 0.6 is 0 Å². The summed E-state index contributed by atoms with van der Waals surface area (Å²) in [5.41, 5.74) is 0.789. The predicted molar refractivity (Wildman–Crippen MR) is 102 cm³/mol. The zero-order valence-corrected chi connectivity index (χ0v) is 16.5. The van der Waals surface area contributed by atoms with E-state index in [9.17, 15) is 18.0 Å². The summed E-state index contributed by atoms with van der Waals surface area (Å²) in [5, 5.41) is 5.69. The molecular weight excluding hydrogens is 371 g/mol. The fraction of sp³-hybridized carbons (Fsp3) is 0.650. The molecule has 0 spiro atoms. The van der Waals surface area contributed by atoms with Crippen LogP contribution in [0.5, 0.6) is 5.75 Å². The third kappa shape index (κ3) is 8.37. The van der Waals surface area contributed by atoms with Gasteiger partial charge in [-0.3, -0.25) is 0 Å². The van der Waals surface area contributed by atoms with Crippen LogP contribution in [0.1, 0.15) is 44.7 Å². The van der Waals surface area contributed by atoms with E-state index in [1.165, 1.54) is 25.0 Å². The molecule has 0 bridgehead atoms. The maximum Gasteiger partial charge on any atom is 0.422 e. The van der Waals surface area contributed by atoms with Gasteiger partial charge >= 0.3 is 12.2 Å². The highest BCUT2D eigenvalue weighted by Gasteiger charge is 2.28. The van der Waals surface area contributed by atoms with Crippen molar-refractivity contribution >= 4 is 6.03 Å². The summed E-state index contributed by atoms with van der Waals surface area (Å²) in [6.45, 7) is 6.64. The molecule has 0 aromatic heterocycles. The van der Waals surface area contributed by atoms with Crippen molar-refractivity contribution in [1.29, 1.82) is 0 Å². The topological polar surface area (TPSA) is 53.6 Å². The Morgan fingerprint density at radius 3 is 2.50 bits per heavy atom. The number of rotatable bonds is 8. The predicted octanol–water partition coefficient (Wildman–Crippen LogP) is 4.11. The minimum Gasteiger partial charge on any atom is -0.484 e. The summed E-state index contributed by atoms with van der Waals surface area (Å²) in [5.74, 6) is 0.955. The first-order chi connectivity index (χ1) is 13.2. The van der Waals surface area contributed by atoms with Crippen molar-refractivity contribution < 1.29 is 22.7 Å². The number of carbonyl (C=O) groups excluding carboxylic acids is 1. The summed E-state index contributed by atoms with van der Waals surface area (Å²) >= 11 is 0. The van der Waals surface area contributed by atoms with Gasteiger partial charge in [0.2, 0.25) is 0 Å². The molecule has 1 aromatic rings. The minimum absolute atomic E-state index is 0.143. The average Bonchev–Trinajstić information content (AvgIpc) is 2.65. The summed E-state index contributed by atoms with van der Waals surface area (Å²) in [6.07, 6.45) is -0.976. The van der Waals surface area contributed by atoms with Crippen molar-refractivity contribution in [2.75, 3.05) is 32.8 Å². The molecule has 2 rings (SSSR count). The lowest BCUT2D eigenvalue weighted by Gasteiger charge is -2.30. The summed E-state index contributed by atoms with van der Waals surface area (Å²) in [6, 6.07) is 5.72. The molecule has 1 unspecified atom stereocenters. The van der Waals surface area contributed by atoms with E-state index < -0.39 is 12.8 Å². The molecule has 2 N–H and O–H groups in total. The van der Waals surface area contributed by atoms with Crippen LogP contribution in [0.3, 0.4) is 0 Å². The highest BCUT2D eigenvalue weighted by atomic mass is 19.4. The Bertz CT molecular complexity index is 600. The van der Waals surface area contributed by atoms with Gasteiger partial charge in [-0.05, 0) is 69.4 Å². The van der Waals surface area contributed by atoms with Gasteiger partial charge in [0.25, 0.3) is 0 Å². The molecule has 28 heavy (non-hydrogen) atoms. The number of benzene rings is 1. The van der Waals surface area contributed by atoms with Crippen LogP contribution in [0.15, 0.2) is 24.3 Å². The van der Waals surface area contributed by atoms with Crippen molar-refractivity contribution in [2.45, 2.75) is 45.3 Å². The zero-order valence-electron chi connectivity index (χ0n) is 16.5. The third-order valence-electron chi connectivity index (χ3n) is 4.94. The number of carbonyl (C=O) groups is 1. The Kier molecular flexibility index (Phi) is 8.41. The fourth-order valence-electron chi connectivity index (χ4n) is 3.14. The van der Waals surface area contributed by atoms with Gasteiger partial charge in [0.05, 0.1) is 6.04 Å². The molecule has 158 valence electrons. The zero-order chi connectivity index (χ0) is 20.6. The van der Waals surface area contributed by atoms with Crippen LogP contribution in [0, 0.1) is 5.92 Å². The smallest absolute Gasteiger partial charge is 0.422 e. The number of ether oxygens (including phenoxy) is 1. The highest BCUT2D eigenvalue weighted by Crippen LogP contribution is 2.21. The van der Waals surface area contributed by atoms with Gasteiger partial charge in [-0.2, -0.15) is 13.2 Å². The Morgan fingerprint density at radius 2 is 1.89 bits per heavy atom. The maximum absolute atomic E-state index is 12.2. The molecule has 1 aliphatic rings. The van der Waals surface area contributed by atoms with Crippen molar-refractivity contribution in [2.24, 2.45) is 5.92 Å². The average molecular weight is 401 g/mol. The van der Waals surface area contributed by atoms with Gasteiger partial charge in [-0.1, -0.05) is 19.1 Å². The lowest BCUT2D eigenvalue weighted by Crippen LogP contribution is -2.39. The summed E-state index contributed by atoms with van der Waals surface area (Å²) in [7, 11) is 0. The molecular formula is C20H30F3N3O2. The van der Waals surface area contributed by atoms with Crippen LogP contribution in [0.2, 0.25) is 0 Å². The van der Waals surface area contributed by atoms with Gasteiger partial charge in [-0.25, -0.2) is 4.79 Å². The second-order valence-electron chi connectivity index (χ2n) is 7.47. The Balaban J connectivity index is 1.64. The third-order valence-corrected chi connectivity index (χ3v) is 4.94. The van der Waals surface area contributed by atoms with Gasteiger partial charge in [0, 0.05) is 6.54 Å². The fourth-order valence-corrected chi connectivity index (χ4v) is 3.14. The first-order valence-corrected chi connectivity index (χ1v) is 9.79. The first-order valence-electron chi connectivity index (χ1n) is 9.79. The van der Waals surface area contributed by atoms with Crippen molar-refractivity contribution in [1.82, 2.24) is 15.5 Å². The second-order valence-corrected chi connectivity index (χ2v) is 7.47. The van der Waals surface area contributed by atoms with Crippen LogP contribution in [-0.2, 0) is 0 Å². The van der Waals surface area contributed by atoms with Crippen molar-refractivity contribution in [3.8, 4) is 5.75 Å². The lowest BCUT2D eigenvalue weighted by molar-refractivity contribution is -0.153. The Morgan fingerprint density at radius 1 is 1.25 bits per heavy atom. The number of hydrogen-bond acceptors (Lipinski definition) is 3. The molecule has 1 aromatic carbocycles. The van der Waals surface area contributed by atoms with Gasteiger partial charge in [0.1, 0.15) is 5.75 Å². The van der Waals surface area contributed by atoms with Crippen LogP contribution in [0.25, 0.3) is 0 Å². The molecule has 2 amide bonds. The number of hydrogen-bond donors (Lipinski definition) is 2. The monoisotopic (exact) mass is 401 g/mol. The number of nitrogens with one attached hydrogen (secondary N) is 2. The number of urea groups is 1. The Hall–Kier alpha value is -1.96. The van der Waals surface area contributed by atoms with E-state index >= 15 is 0 Å². The SMILES string of the molecule is CC1CCN(CCCNC(=O)NC(C)c2ccc(OCC(F)(F)F)cc2)CC1. The molecule has 1 atom stereocenters. The van der Waals surface area contributed by atoms with E-state index in [0.29, 0.717) is 6.54 Å². The van der Waals surface area contributed by atoms with E-state index in [-0.39, 0.29) is 17.8 Å². The largest absolute Gasteiger partial charge is 0.484 e. The van der Waals surface area contributed by atoms with Crippen LogP contribution in [0.4, 0.5) is 18.0 Å². The van der Waals surface area contributed by atoms with Gasteiger partial charge < -0.3 is 20.3 Å². The number of piperidine rings is 1. The minimum atomic E-state index is -4.36. The number of likely N-dealkylation sites (tertiary alicyclic amines) is 1. The van der Waals surface area contributed by atoms with Crippen LogP contribution < -0.4 is 15.4 Å². The van der Waals surface area contributed by atoms with Crippen molar-refractivity contribution in [3.05, 3.63) is 29.8 Å². The van der Waals surface area contributed by atoms with Crippen LogP contribution in [-0.4, -0.2) is 49.9 Å². The maximum atomic E-state index is 12.2. The normalized spacial score (nSPS) is 17.2. The second kappa shape index (κ2) is 10.5. The van der Waals surface area contributed by atoms with Gasteiger partial charge in [0.15, 0.2) is 6.61 Å². The number of amides is 2.